The van der Waals surface area contributed by atoms with Crippen LogP contribution in [-0.4, -0.2) is 72.1 Å². The molecule has 0 unspecified atom stereocenters. The van der Waals surface area contributed by atoms with Gasteiger partial charge in [-0.25, -0.2) is 9.97 Å². The van der Waals surface area contributed by atoms with Gasteiger partial charge in [0.05, 0.1) is 0 Å². The van der Waals surface area contributed by atoms with Crippen LogP contribution in [0.3, 0.4) is 0 Å². The van der Waals surface area contributed by atoms with Crippen LogP contribution in [0.1, 0.15) is 12.1 Å². The Morgan fingerprint density at radius 2 is 1.95 bits per heavy atom. The van der Waals surface area contributed by atoms with Crippen molar-refractivity contribution in [1.82, 2.24) is 19.8 Å². The third-order valence-electron chi connectivity index (χ3n) is 4.28. The molecule has 5 nitrogen and oxygen atoms in total. The highest BCUT2D eigenvalue weighted by molar-refractivity contribution is 5.32. The lowest BCUT2D eigenvalue weighted by Crippen LogP contribution is -2.49. The summed E-state index contributed by atoms with van der Waals surface area (Å²) in [5.74, 6) is 0.900. The van der Waals surface area contributed by atoms with Gasteiger partial charge in [0.15, 0.2) is 0 Å². The van der Waals surface area contributed by atoms with Crippen molar-refractivity contribution in [2.45, 2.75) is 19.4 Å². The molecule has 3 rings (SSSR count). The second-order valence-corrected chi connectivity index (χ2v) is 5.73. The molecule has 2 fully saturated rings. The molecule has 1 aromatic rings. The van der Waals surface area contributed by atoms with Gasteiger partial charge in [-0.3, -0.25) is 4.90 Å². The zero-order valence-electron chi connectivity index (χ0n) is 11.9. The third-order valence-corrected chi connectivity index (χ3v) is 4.28. The lowest BCUT2D eigenvalue weighted by molar-refractivity contribution is 0.120. The highest BCUT2D eigenvalue weighted by Gasteiger charge is 2.30. The Labute approximate surface area is 115 Å². The molecule has 0 radical (unpaired) electrons. The largest absolute Gasteiger partial charge is 0.339 e. The Bertz CT molecular complexity index is 428. The Morgan fingerprint density at radius 3 is 2.68 bits per heavy atom. The molecule has 0 bridgehead atoms. The molecule has 0 N–H and O–H groups in total. The van der Waals surface area contributed by atoms with Gasteiger partial charge in [0.1, 0.15) is 0 Å². The summed E-state index contributed by atoms with van der Waals surface area (Å²) in [5, 5.41) is 0. The molecule has 0 aromatic carbocycles. The number of piperazine rings is 1. The van der Waals surface area contributed by atoms with Crippen LogP contribution in [0.2, 0.25) is 0 Å². The zero-order chi connectivity index (χ0) is 13.2. The summed E-state index contributed by atoms with van der Waals surface area (Å²) in [5.41, 5.74) is 1.05. The minimum Gasteiger partial charge on any atom is -0.339 e. The first kappa shape index (κ1) is 12.8. The molecule has 2 aliphatic heterocycles. The second-order valence-electron chi connectivity index (χ2n) is 5.73. The summed E-state index contributed by atoms with van der Waals surface area (Å²) >= 11 is 0. The van der Waals surface area contributed by atoms with Gasteiger partial charge in [-0.2, -0.15) is 0 Å². The topological polar surface area (TPSA) is 35.5 Å². The van der Waals surface area contributed by atoms with Crippen LogP contribution < -0.4 is 4.90 Å². The highest BCUT2D eigenvalue weighted by Crippen LogP contribution is 2.20. The van der Waals surface area contributed by atoms with Crippen molar-refractivity contribution in [3.63, 3.8) is 0 Å². The molecule has 1 aromatic heterocycles. The standard InChI is InChI=1S/C14H23N5/c1-12-3-5-15-14(16-12)19-6-4-13(11-19)18-9-7-17(2)8-10-18/h3,5,13H,4,6-11H2,1-2H3/t13-/m0/s1. The summed E-state index contributed by atoms with van der Waals surface area (Å²) in [7, 11) is 2.21. The molecule has 0 spiro atoms. The molecule has 1 atom stereocenters. The van der Waals surface area contributed by atoms with Crippen LogP contribution in [0.15, 0.2) is 12.3 Å². The Balaban J connectivity index is 1.61. The molecule has 0 aliphatic carbocycles. The van der Waals surface area contributed by atoms with E-state index in [1.807, 2.05) is 19.2 Å². The van der Waals surface area contributed by atoms with Gasteiger partial charge >= 0.3 is 0 Å². The smallest absolute Gasteiger partial charge is 0.225 e. The molecule has 5 heteroatoms. The van der Waals surface area contributed by atoms with Crippen LogP contribution in [0.4, 0.5) is 5.95 Å². The van der Waals surface area contributed by atoms with Crippen molar-refractivity contribution in [2.75, 3.05) is 51.2 Å². The number of rotatable bonds is 2. The Kier molecular flexibility index (Phi) is 3.66. The van der Waals surface area contributed by atoms with Crippen LogP contribution >= 0.6 is 0 Å². The molecular formula is C14H23N5. The third kappa shape index (κ3) is 2.87. The predicted molar refractivity (Wildman–Crippen MR) is 76.5 cm³/mol. The van der Waals surface area contributed by atoms with E-state index in [2.05, 4.69) is 31.7 Å². The van der Waals surface area contributed by atoms with E-state index in [0.29, 0.717) is 6.04 Å². The first-order valence-electron chi connectivity index (χ1n) is 7.19. The van der Waals surface area contributed by atoms with Crippen molar-refractivity contribution in [2.24, 2.45) is 0 Å². The summed E-state index contributed by atoms with van der Waals surface area (Å²) in [6.07, 6.45) is 3.10. The van der Waals surface area contributed by atoms with Crippen molar-refractivity contribution < 1.29 is 0 Å². The monoisotopic (exact) mass is 261 g/mol. The van der Waals surface area contributed by atoms with E-state index < -0.39 is 0 Å². The number of aromatic nitrogens is 2. The normalized spacial score (nSPS) is 26.0. The fourth-order valence-electron chi connectivity index (χ4n) is 3.00. The van der Waals surface area contributed by atoms with E-state index in [9.17, 15) is 0 Å². The van der Waals surface area contributed by atoms with Crippen molar-refractivity contribution in [1.29, 1.82) is 0 Å². The average molecular weight is 261 g/mol. The van der Waals surface area contributed by atoms with Gasteiger partial charge in [0.25, 0.3) is 0 Å². The Morgan fingerprint density at radius 1 is 1.16 bits per heavy atom. The van der Waals surface area contributed by atoms with Gasteiger partial charge in [-0.05, 0) is 26.5 Å². The molecule has 104 valence electrons. The number of hydrogen-bond donors (Lipinski definition) is 0. The number of aryl methyl sites for hydroxylation is 1. The highest BCUT2D eigenvalue weighted by atomic mass is 15.3. The molecule has 19 heavy (non-hydrogen) atoms. The molecule has 0 saturated carbocycles. The Hall–Kier alpha value is -1.20. The van der Waals surface area contributed by atoms with Crippen molar-refractivity contribution in [3.05, 3.63) is 18.0 Å². The quantitative estimate of drug-likeness (QED) is 0.779. The van der Waals surface area contributed by atoms with Crippen LogP contribution in [0.5, 0.6) is 0 Å². The van der Waals surface area contributed by atoms with E-state index in [1.54, 1.807) is 0 Å². The SMILES string of the molecule is Cc1ccnc(N2CC[C@H](N3CCN(C)CC3)C2)n1. The maximum atomic E-state index is 4.53. The number of likely N-dealkylation sites (N-methyl/N-ethyl adjacent to an activating group) is 1. The minimum atomic E-state index is 0.679. The van der Waals surface area contributed by atoms with E-state index in [4.69, 9.17) is 0 Å². The molecule has 3 heterocycles. The molecule has 0 amide bonds. The summed E-state index contributed by atoms with van der Waals surface area (Å²) in [6.45, 7) is 8.97. The number of nitrogens with zero attached hydrogens (tertiary/aromatic N) is 5. The molecule has 2 saturated heterocycles. The zero-order valence-corrected chi connectivity index (χ0v) is 11.9. The summed E-state index contributed by atoms with van der Waals surface area (Å²) < 4.78 is 0. The first-order chi connectivity index (χ1) is 9.22. The van der Waals surface area contributed by atoms with Gasteiger partial charge in [0, 0.05) is 57.2 Å². The first-order valence-corrected chi connectivity index (χ1v) is 7.19. The van der Waals surface area contributed by atoms with E-state index >= 15 is 0 Å². The van der Waals surface area contributed by atoms with E-state index in [-0.39, 0.29) is 0 Å². The number of anilines is 1. The van der Waals surface area contributed by atoms with Gasteiger partial charge < -0.3 is 9.80 Å². The summed E-state index contributed by atoms with van der Waals surface area (Å²) in [4.78, 5) is 16.3. The fraction of sp³-hybridized carbons (Fsp3) is 0.714. The van der Waals surface area contributed by atoms with Crippen molar-refractivity contribution >= 4 is 5.95 Å². The molecule has 2 aliphatic rings. The van der Waals surface area contributed by atoms with Gasteiger partial charge in [-0.15, -0.1) is 0 Å². The molecular weight excluding hydrogens is 238 g/mol. The predicted octanol–water partition coefficient (Wildman–Crippen LogP) is 0.611. The fourth-order valence-corrected chi connectivity index (χ4v) is 3.00. The van der Waals surface area contributed by atoms with Gasteiger partial charge in [0.2, 0.25) is 5.95 Å². The van der Waals surface area contributed by atoms with Crippen LogP contribution in [0, 0.1) is 6.92 Å². The minimum absolute atomic E-state index is 0.679. The maximum Gasteiger partial charge on any atom is 0.225 e. The lowest BCUT2D eigenvalue weighted by Gasteiger charge is -2.36. The van der Waals surface area contributed by atoms with E-state index in [1.165, 1.54) is 32.6 Å². The van der Waals surface area contributed by atoms with Crippen molar-refractivity contribution in [3.8, 4) is 0 Å². The maximum absolute atomic E-state index is 4.53. The second kappa shape index (κ2) is 5.43. The van der Waals surface area contributed by atoms with Crippen LogP contribution in [0.25, 0.3) is 0 Å². The van der Waals surface area contributed by atoms with E-state index in [0.717, 1.165) is 24.7 Å². The van der Waals surface area contributed by atoms with Gasteiger partial charge in [-0.1, -0.05) is 0 Å². The summed E-state index contributed by atoms with van der Waals surface area (Å²) in [6, 6.07) is 2.63. The lowest BCUT2D eigenvalue weighted by atomic mass is 10.2. The number of hydrogen-bond acceptors (Lipinski definition) is 5. The average Bonchev–Trinajstić information content (AvgIpc) is 2.89. The van der Waals surface area contributed by atoms with Crippen LogP contribution in [-0.2, 0) is 0 Å².